The molecule has 1 fully saturated rings. The van der Waals surface area contributed by atoms with Gasteiger partial charge in [0.15, 0.2) is 5.78 Å². The van der Waals surface area contributed by atoms with Crippen LogP contribution in [0.5, 0.6) is 0 Å². The Labute approximate surface area is 77.7 Å². The standard InChI is InChI=1S/C10H14N2O/c1-7-10(8(2)13)5-11-12(7)6-9-3-4-9/h5,9H,3-4,6H2,1-2H3. The maximum atomic E-state index is 11.1. The fourth-order valence-electron chi connectivity index (χ4n) is 1.52. The first-order chi connectivity index (χ1) is 6.18. The lowest BCUT2D eigenvalue weighted by molar-refractivity contribution is 0.101. The lowest BCUT2D eigenvalue weighted by Crippen LogP contribution is -2.05. The highest BCUT2D eigenvalue weighted by Crippen LogP contribution is 2.30. The summed E-state index contributed by atoms with van der Waals surface area (Å²) in [5, 5.41) is 4.21. The predicted molar refractivity (Wildman–Crippen MR) is 49.7 cm³/mol. The van der Waals surface area contributed by atoms with Crippen LogP contribution in [0, 0.1) is 12.8 Å². The monoisotopic (exact) mass is 178 g/mol. The van der Waals surface area contributed by atoms with Gasteiger partial charge < -0.3 is 0 Å². The van der Waals surface area contributed by atoms with Crippen LogP contribution >= 0.6 is 0 Å². The molecule has 1 aromatic rings. The van der Waals surface area contributed by atoms with Crippen molar-refractivity contribution < 1.29 is 4.79 Å². The molecule has 0 N–H and O–H groups in total. The molecule has 0 atom stereocenters. The minimum atomic E-state index is 0.111. The van der Waals surface area contributed by atoms with Gasteiger partial charge in [0.2, 0.25) is 0 Å². The normalized spacial score (nSPS) is 16.2. The van der Waals surface area contributed by atoms with Gasteiger partial charge in [-0.15, -0.1) is 0 Å². The zero-order valence-electron chi connectivity index (χ0n) is 8.08. The Morgan fingerprint density at radius 3 is 2.85 bits per heavy atom. The van der Waals surface area contributed by atoms with Crippen LogP contribution in [0.15, 0.2) is 6.20 Å². The third kappa shape index (κ3) is 1.64. The largest absolute Gasteiger partial charge is 0.294 e. The molecular formula is C10H14N2O. The zero-order chi connectivity index (χ0) is 9.42. The van der Waals surface area contributed by atoms with E-state index >= 15 is 0 Å². The van der Waals surface area contributed by atoms with Crippen molar-refractivity contribution in [1.29, 1.82) is 0 Å². The van der Waals surface area contributed by atoms with Crippen molar-refractivity contribution in [2.24, 2.45) is 5.92 Å². The molecule has 0 unspecified atom stereocenters. The fraction of sp³-hybridized carbons (Fsp3) is 0.600. The van der Waals surface area contributed by atoms with Crippen LogP contribution in [0.1, 0.15) is 35.8 Å². The summed E-state index contributed by atoms with van der Waals surface area (Å²) in [6.07, 6.45) is 4.31. The van der Waals surface area contributed by atoms with Crippen molar-refractivity contribution in [3.63, 3.8) is 0 Å². The van der Waals surface area contributed by atoms with E-state index in [-0.39, 0.29) is 5.78 Å². The number of hydrogen-bond acceptors (Lipinski definition) is 2. The lowest BCUT2D eigenvalue weighted by atomic mass is 10.2. The first-order valence-corrected chi connectivity index (χ1v) is 4.72. The molecule has 70 valence electrons. The SMILES string of the molecule is CC(=O)c1cnn(CC2CC2)c1C. The third-order valence-electron chi connectivity index (χ3n) is 2.61. The number of ketones is 1. The van der Waals surface area contributed by atoms with E-state index in [1.54, 1.807) is 13.1 Å². The first kappa shape index (κ1) is 8.48. The van der Waals surface area contributed by atoms with E-state index in [1.807, 2.05) is 11.6 Å². The highest BCUT2D eigenvalue weighted by atomic mass is 16.1. The molecule has 1 aliphatic rings. The van der Waals surface area contributed by atoms with Crippen LogP contribution in [0.2, 0.25) is 0 Å². The average Bonchev–Trinajstić information content (AvgIpc) is 2.78. The quantitative estimate of drug-likeness (QED) is 0.661. The number of carbonyl (C=O) groups excluding carboxylic acids is 1. The lowest BCUT2D eigenvalue weighted by Gasteiger charge is -2.02. The van der Waals surface area contributed by atoms with Gasteiger partial charge in [0.05, 0.1) is 11.8 Å². The zero-order valence-corrected chi connectivity index (χ0v) is 8.08. The number of carbonyl (C=O) groups is 1. The van der Waals surface area contributed by atoms with Crippen LogP contribution in [-0.4, -0.2) is 15.6 Å². The Morgan fingerprint density at radius 1 is 1.69 bits per heavy atom. The Kier molecular flexibility index (Phi) is 1.94. The molecular weight excluding hydrogens is 164 g/mol. The van der Waals surface area contributed by atoms with Gasteiger partial charge in [0, 0.05) is 12.2 Å². The van der Waals surface area contributed by atoms with Crippen LogP contribution in [0.3, 0.4) is 0 Å². The summed E-state index contributed by atoms with van der Waals surface area (Å²) in [7, 11) is 0. The van der Waals surface area contributed by atoms with E-state index in [1.165, 1.54) is 12.8 Å². The second kappa shape index (κ2) is 2.98. The molecule has 1 saturated carbocycles. The van der Waals surface area contributed by atoms with E-state index in [4.69, 9.17) is 0 Å². The van der Waals surface area contributed by atoms with Crippen molar-refractivity contribution in [3.8, 4) is 0 Å². The summed E-state index contributed by atoms with van der Waals surface area (Å²) in [4.78, 5) is 11.1. The number of hydrogen-bond donors (Lipinski definition) is 0. The summed E-state index contributed by atoms with van der Waals surface area (Å²) < 4.78 is 1.95. The van der Waals surface area contributed by atoms with Gasteiger partial charge in [-0.2, -0.15) is 5.10 Å². The number of Topliss-reactive ketones (excluding diaryl/α,β-unsaturated/α-hetero) is 1. The maximum Gasteiger partial charge on any atom is 0.163 e. The predicted octanol–water partition coefficient (Wildman–Crippen LogP) is 1.80. The molecule has 3 heteroatoms. The summed E-state index contributed by atoms with van der Waals surface area (Å²) in [5.41, 5.74) is 1.78. The van der Waals surface area contributed by atoms with Gasteiger partial charge in [-0.25, -0.2) is 0 Å². The Morgan fingerprint density at radius 2 is 2.38 bits per heavy atom. The van der Waals surface area contributed by atoms with Gasteiger partial charge in [0.1, 0.15) is 0 Å². The molecule has 1 aromatic heterocycles. The molecule has 3 nitrogen and oxygen atoms in total. The van der Waals surface area contributed by atoms with Gasteiger partial charge in [-0.05, 0) is 32.6 Å². The van der Waals surface area contributed by atoms with E-state index in [9.17, 15) is 4.79 Å². The second-order valence-electron chi connectivity index (χ2n) is 3.83. The van der Waals surface area contributed by atoms with E-state index < -0.39 is 0 Å². The van der Waals surface area contributed by atoms with Gasteiger partial charge in [-0.3, -0.25) is 9.48 Å². The first-order valence-electron chi connectivity index (χ1n) is 4.72. The molecule has 2 rings (SSSR count). The molecule has 0 bridgehead atoms. The summed E-state index contributed by atoms with van der Waals surface area (Å²) in [5.74, 6) is 0.915. The average molecular weight is 178 g/mol. The Balaban J connectivity index is 2.21. The van der Waals surface area contributed by atoms with Crippen molar-refractivity contribution >= 4 is 5.78 Å². The highest BCUT2D eigenvalue weighted by molar-refractivity contribution is 5.94. The summed E-state index contributed by atoms with van der Waals surface area (Å²) >= 11 is 0. The van der Waals surface area contributed by atoms with Crippen LogP contribution in [0.4, 0.5) is 0 Å². The van der Waals surface area contributed by atoms with Crippen LogP contribution in [0.25, 0.3) is 0 Å². The van der Waals surface area contributed by atoms with E-state index in [0.29, 0.717) is 0 Å². The van der Waals surface area contributed by atoms with Gasteiger partial charge >= 0.3 is 0 Å². The van der Waals surface area contributed by atoms with Gasteiger partial charge in [-0.1, -0.05) is 0 Å². The molecule has 0 amide bonds. The van der Waals surface area contributed by atoms with Crippen molar-refractivity contribution in [1.82, 2.24) is 9.78 Å². The fourth-order valence-corrected chi connectivity index (χ4v) is 1.52. The molecule has 1 heterocycles. The summed E-state index contributed by atoms with van der Waals surface area (Å²) in [6, 6.07) is 0. The smallest absolute Gasteiger partial charge is 0.163 e. The second-order valence-corrected chi connectivity index (χ2v) is 3.83. The Bertz CT molecular complexity index is 337. The van der Waals surface area contributed by atoms with E-state index in [0.717, 1.165) is 23.7 Å². The molecule has 0 saturated heterocycles. The molecule has 13 heavy (non-hydrogen) atoms. The Hall–Kier alpha value is -1.12. The molecule has 0 aromatic carbocycles. The number of nitrogens with zero attached hydrogens (tertiary/aromatic N) is 2. The maximum absolute atomic E-state index is 11.1. The van der Waals surface area contributed by atoms with E-state index in [2.05, 4.69) is 5.10 Å². The minimum Gasteiger partial charge on any atom is -0.294 e. The van der Waals surface area contributed by atoms with Crippen molar-refractivity contribution in [2.45, 2.75) is 33.2 Å². The minimum absolute atomic E-state index is 0.111. The number of rotatable bonds is 3. The molecule has 1 aliphatic carbocycles. The van der Waals surface area contributed by atoms with Crippen molar-refractivity contribution in [2.75, 3.05) is 0 Å². The molecule has 0 aliphatic heterocycles. The topological polar surface area (TPSA) is 34.9 Å². The van der Waals surface area contributed by atoms with Crippen molar-refractivity contribution in [3.05, 3.63) is 17.5 Å². The molecule has 0 radical (unpaired) electrons. The third-order valence-corrected chi connectivity index (χ3v) is 2.61. The van der Waals surface area contributed by atoms with Crippen LogP contribution < -0.4 is 0 Å². The van der Waals surface area contributed by atoms with Crippen LogP contribution in [-0.2, 0) is 6.54 Å². The highest BCUT2D eigenvalue weighted by Gasteiger charge is 2.23. The van der Waals surface area contributed by atoms with Gasteiger partial charge in [0.25, 0.3) is 0 Å². The number of aromatic nitrogens is 2. The molecule has 0 spiro atoms. The summed E-state index contributed by atoms with van der Waals surface area (Å²) in [6.45, 7) is 4.54.